The standard InChI is InChI=1S/C27H35BrF2O5/c1-14-8-18-19-9-20(29)17-7-6-15(28)10-25(17,5)27(19,30)21(32)13-24(18,4)26(14,35)12-16(31)11-23(2,3)22(33)34/h6,10,12,14,18-21,31-32,35H,8-9,11,13H2,1-5H3,(H,33,34)/t14-,18-,19-,20+,21-,24-,25-,26+,27-/m0/s1. The van der Waals surface area contributed by atoms with Crippen molar-refractivity contribution in [2.24, 2.45) is 34.0 Å². The second-order valence-corrected chi connectivity index (χ2v) is 13.1. The third kappa shape index (κ3) is 3.47. The van der Waals surface area contributed by atoms with E-state index in [4.69, 9.17) is 0 Å². The molecular formula is C27H35BrF2O5. The zero-order chi connectivity index (χ0) is 26.4. The molecule has 8 heteroatoms. The van der Waals surface area contributed by atoms with Crippen molar-refractivity contribution in [1.82, 2.24) is 0 Å². The van der Waals surface area contributed by atoms with Crippen molar-refractivity contribution in [2.45, 2.75) is 83.8 Å². The number of hydrogen-bond donors (Lipinski definition) is 4. The summed E-state index contributed by atoms with van der Waals surface area (Å²) < 4.78 is 33.4. The van der Waals surface area contributed by atoms with Crippen LogP contribution in [0, 0.1) is 34.0 Å². The van der Waals surface area contributed by atoms with Crippen molar-refractivity contribution >= 4 is 21.9 Å². The second-order valence-electron chi connectivity index (χ2n) is 12.2. The topological polar surface area (TPSA) is 98.0 Å². The van der Waals surface area contributed by atoms with E-state index in [1.54, 1.807) is 32.9 Å². The Morgan fingerprint density at radius 1 is 1.29 bits per heavy atom. The molecule has 0 bridgehead atoms. The smallest absolute Gasteiger partial charge is 0.309 e. The Bertz CT molecular complexity index is 1080. The minimum atomic E-state index is -2.17. The molecule has 0 aliphatic heterocycles. The van der Waals surface area contributed by atoms with Gasteiger partial charge in [0.2, 0.25) is 0 Å². The molecule has 0 unspecified atom stereocenters. The van der Waals surface area contributed by atoms with Gasteiger partial charge in [-0.05, 0) is 64.0 Å². The third-order valence-corrected chi connectivity index (χ3v) is 10.2. The van der Waals surface area contributed by atoms with E-state index in [0.29, 0.717) is 10.9 Å². The zero-order valence-corrected chi connectivity index (χ0v) is 22.4. The molecule has 3 saturated carbocycles. The molecule has 5 nitrogen and oxygen atoms in total. The maximum absolute atomic E-state index is 17.3. The van der Waals surface area contributed by atoms with Gasteiger partial charge in [-0.15, -0.1) is 5.73 Å². The number of alkyl halides is 2. The average Bonchev–Trinajstić information content (AvgIpc) is 2.90. The van der Waals surface area contributed by atoms with Gasteiger partial charge in [0.1, 0.15) is 6.17 Å². The molecule has 4 rings (SSSR count). The summed E-state index contributed by atoms with van der Waals surface area (Å²) in [6, 6.07) is 0. The highest BCUT2D eigenvalue weighted by atomic mass is 79.9. The lowest BCUT2D eigenvalue weighted by Gasteiger charge is -2.62. The van der Waals surface area contributed by atoms with Crippen molar-refractivity contribution in [2.75, 3.05) is 0 Å². The van der Waals surface area contributed by atoms with Crippen molar-refractivity contribution in [3.63, 3.8) is 0 Å². The summed E-state index contributed by atoms with van der Waals surface area (Å²) in [5.41, 5.74) is -4.43. The molecule has 0 saturated heterocycles. The van der Waals surface area contributed by atoms with E-state index in [-0.39, 0.29) is 30.6 Å². The first-order chi connectivity index (χ1) is 15.9. The summed E-state index contributed by atoms with van der Waals surface area (Å²) in [4.78, 5) is 11.5. The number of rotatable bonds is 4. The van der Waals surface area contributed by atoms with E-state index in [9.17, 15) is 25.2 Å². The number of halogens is 3. The van der Waals surface area contributed by atoms with Crippen molar-refractivity contribution in [1.29, 1.82) is 0 Å². The predicted molar refractivity (Wildman–Crippen MR) is 131 cm³/mol. The summed E-state index contributed by atoms with van der Waals surface area (Å²) in [6.45, 7) is 8.13. The van der Waals surface area contributed by atoms with Gasteiger partial charge in [0.05, 0.1) is 28.3 Å². The highest BCUT2D eigenvalue weighted by molar-refractivity contribution is 9.11. The van der Waals surface area contributed by atoms with Gasteiger partial charge >= 0.3 is 5.97 Å². The molecule has 35 heavy (non-hydrogen) atoms. The van der Waals surface area contributed by atoms with E-state index >= 15 is 8.78 Å². The normalized spacial score (nSPS) is 47.4. The Morgan fingerprint density at radius 3 is 2.51 bits per heavy atom. The van der Waals surface area contributed by atoms with Gasteiger partial charge in [0, 0.05) is 27.8 Å². The molecule has 194 valence electrons. The van der Waals surface area contributed by atoms with Gasteiger partial charge < -0.3 is 20.4 Å². The van der Waals surface area contributed by atoms with Crippen LogP contribution in [0.25, 0.3) is 0 Å². The minimum absolute atomic E-state index is 0.0907. The first kappa shape index (κ1) is 26.6. The van der Waals surface area contributed by atoms with Crippen LogP contribution in [0.2, 0.25) is 0 Å². The van der Waals surface area contributed by atoms with Crippen LogP contribution in [0.4, 0.5) is 8.78 Å². The van der Waals surface area contributed by atoms with E-state index in [1.807, 2.05) is 0 Å². The summed E-state index contributed by atoms with van der Waals surface area (Å²) in [6.07, 6.45) is 1.50. The summed E-state index contributed by atoms with van der Waals surface area (Å²) in [7, 11) is 0. The van der Waals surface area contributed by atoms with Crippen LogP contribution in [0.3, 0.4) is 0 Å². The summed E-state index contributed by atoms with van der Waals surface area (Å²) in [5, 5.41) is 43.5. The van der Waals surface area contributed by atoms with Crippen LogP contribution in [-0.4, -0.2) is 49.9 Å². The van der Waals surface area contributed by atoms with Crippen LogP contribution >= 0.6 is 15.9 Å². The molecule has 4 N–H and O–H groups in total. The van der Waals surface area contributed by atoms with Gasteiger partial charge in [-0.3, -0.25) is 4.79 Å². The molecule has 0 aromatic heterocycles. The summed E-state index contributed by atoms with van der Waals surface area (Å²) >= 11 is 3.36. The molecule has 3 fully saturated rings. The van der Waals surface area contributed by atoms with Crippen LogP contribution in [0.15, 0.2) is 39.8 Å². The fraction of sp³-hybridized carbons (Fsp3) is 0.704. The number of carboxylic acid groups (broad SMARTS) is 1. The number of carboxylic acids is 1. The molecule has 0 spiro atoms. The maximum atomic E-state index is 17.3. The lowest BCUT2D eigenvalue weighted by molar-refractivity contribution is -0.217. The quantitative estimate of drug-likeness (QED) is 0.269. The monoisotopic (exact) mass is 556 g/mol. The van der Waals surface area contributed by atoms with Crippen LogP contribution in [-0.2, 0) is 4.79 Å². The first-order valence-electron chi connectivity index (χ1n) is 12.2. The van der Waals surface area contributed by atoms with Gasteiger partial charge in [-0.1, -0.05) is 35.9 Å². The molecule has 0 aromatic rings. The van der Waals surface area contributed by atoms with Gasteiger partial charge in [0.15, 0.2) is 5.67 Å². The van der Waals surface area contributed by atoms with Crippen LogP contribution in [0.5, 0.6) is 0 Å². The molecule has 9 atom stereocenters. The lowest BCUT2D eigenvalue weighted by Crippen LogP contribution is -2.69. The number of allylic oxidation sites excluding steroid dienone is 4. The molecular weight excluding hydrogens is 522 g/mol. The van der Waals surface area contributed by atoms with Crippen molar-refractivity contribution in [3.8, 4) is 0 Å². The number of aliphatic hydroxyl groups excluding tert-OH is 2. The lowest BCUT2D eigenvalue weighted by atomic mass is 9.44. The largest absolute Gasteiger partial charge is 0.513 e. The van der Waals surface area contributed by atoms with Crippen molar-refractivity contribution < 1.29 is 34.0 Å². The molecule has 0 aromatic carbocycles. The Labute approximate surface area is 213 Å². The fourth-order valence-electron chi connectivity index (χ4n) is 7.67. The Kier molecular flexibility index (Phi) is 6.09. The van der Waals surface area contributed by atoms with Gasteiger partial charge in [-0.2, -0.15) is 0 Å². The van der Waals surface area contributed by atoms with E-state index < -0.39 is 63.5 Å². The fourth-order valence-corrected chi connectivity index (χ4v) is 8.24. The SMILES string of the molecule is C[C@H]1C[C@H]2[C@@H]3C[C@@H](F)C4=C=CC(Br)=C[C@]4(C)[C@@]3(F)[C@@H](O)C[C@]2(C)[C@@]1(O)C=C(O)CC(C)(C)C(=O)O. The van der Waals surface area contributed by atoms with Crippen LogP contribution < -0.4 is 0 Å². The van der Waals surface area contributed by atoms with Gasteiger partial charge in [0.25, 0.3) is 0 Å². The first-order valence-corrected chi connectivity index (χ1v) is 13.0. The second kappa shape index (κ2) is 8.01. The predicted octanol–water partition coefficient (Wildman–Crippen LogP) is 5.53. The summed E-state index contributed by atoms with van der Waals surface area (Å²) in [5.74, 6) is -3.13. The number of hydrogen-bond acceptors (Lipinski definition) is 4. The molecule has 0 radical (unpaired) electrons. The Balaban J connectivity index is 1.79. The molecule has 4 aliphatic carbocycles. The average molecular weight is 557 g/mol. The van der Waals surface area contributed by atoms with Crippen molar-refractivity contribution in [3.05, 3.63) is 39.8 Å². The Hall–Kier alpha value is -1.47. The number of aliphatic hydroxyl groups is 3. The number of carbonyl (C=O) groups is 1. The third-order valence-electron chi connectivity index (χ3n) is 9.73. The highest BCUT2D eigenvalue weighted by Gasteiger charge is 2.75. The molecule has 4 aliphatic rings. The number of aliphatic carboxylic acids is 1. The highest BCUT2D eigenvalue weighted by Crippen LogP contribution is 2.71. The van der Waals surface area contributed by atoms with Crippen LogP contribution in [0.1, 0.15) is 60.3 Å². The van der Waals surface area contributed by atoms with E-state index in [2.05, 4.69) is 21.7 Å². The van der Waals surface area contributed by atoms with Gasteiger partial charge in [-0.25, -0.2) is 8.78 Å². The van der Waals surface area contributed by atoms with E-state index in [0.717, 1.165) is 0 Å². The Morgan fingerprint density at radius 2 is 1.91 bits per heavy atom. The molecule has 0 amide bonds. The number of fused-ring (bicyclic) bond motifs is 5. The van der Waals surface area contributed by atoms with E-state index in [1.165, 1.54) is 19.9 Å². The molecule has 0 heterocycles. The minimum Gasteiger partial charge on any atom is -0.513 e. The maximum Gasteiger partial charge on any atom is 0.309 e. The zero-order valence-electron chi connectivity index (χ0n) is 20.8.